The average molecular weight is 569 g/mol. The zero-order valence-electron chi connectivity index (χ0n) is 23.5. The van der Waals surface area contributed by atoms with Crippen LogP contribution in [0.1, 0.15) is 30.5 Å². The van der Waals surface area contributed by atoms with Crippen LogP contribution in [0.25, 0.3) is 0 Å². The minimum atomic E-state index is -4.14. The maximum absolute atomic E-state index is 14.1. The third kappa shape index (κ3) is 8.12. The first kappa shape index (κ1) is 30.8. The van der Waals surface area contributed by atoms with Crippen molar-refractivity contribution >= 4 is 27.7 Å². The lowest BCUT2D eigenvalue weighted by Crippen LogP contribution is -2.55. The molecule has 0 aliphatic rings. The molecule has 2 amide bonds. The number of aryl methyl sites for hydroxylation is 1. The Hall–Kier alpha value is -3.76. The van der Waals surface area contributed by atoms with Crippen molar-refractivity contribution in [2.45, 2.75) is 45.8 Å². The second-order valence-corrected chi connectivity index (χ2v) is 12.2. The van der Waals surface area contributed by atoms with Crippen molar-refractivity contribution in [3.8, 4) is 0 Å². The molecule has 8 nitrogen and oxygen atoms in total. The summed E-state index contributed by atoms with van der Waals surface area (Å²) in [5.74, 6) is -1.45. The van der Waals surface area contributed by atoms with Gasteiger partial charge in [-0.3, -0.25) is 9.59 Å². The molecule has 0 bridgehead atoms. The Bertz CT molecular complexity index is 1380. The zero-order valence-corrected chi connectivity index (χ0v) is 24.4. The van der Waals surface area contributed by atoms with Crippen molar-refractivity contribution in [3.63, 3.8) is 0 Å². The van der Waals surface area contributed by atoms with Gasteiger partial charge >= 0.3 is 10.2 Å². The number of nitrogens with one attached hydrogen (secondary N) is 1. The second kappa shape index (κ2) is 13.5. The fraction of sp³-hybridized carbons (Fsp3) is 0.333. The smallest absolute Gasteiger partial charge is 0.304 e. The predicted octanol–water partition coefficient (Wildman–Crippen LogP) is 3.91. The topological polar surface area (TPSA) is 90.0 Å². The van der Waals surface area contributed by atoms with Gasteiger partial charge in [0.05, 0.1) is 5.69 Å². The number of anilines is 1. The normalized spacial score (nSPS) is 12.3. The highest BCUT2D eigenvalue weighted by Gasteiger charge is 2.34. The molecule has 1 N–H and O–H groups in total. The molecule has 0 radical (unpaired) electrons. The van der Waals surface area contributed by atoms with Crippen LogP contribution >= 0.6 is 0 Å². The van der Waals surface area contributed by atoms with Crippen LogP contribution in [0.3, 0.4) is 0 Å². The van der Waals surface area contributed by atoms with Gasteiger partial charge in [0.15, 0.2) is 0 Å². The van der Waals surface area contributed by atoms with Gasteiger partial charge in [-0.1, -0.05) is 60.2 Å². The maximum Gasteiger partial charge on any atom is 0.304 e. The van der Waals surface area contributed by atoms with Crippen LogP contribution in [0.15, 0.2) is 78.9 Å². The van der Waals surface area contributed by atoms with E-state index in [1.807, 2.05) is 75.4 Å². The summed E-state index contributed by atoms with van der Waals surface area (Å²) in [5, 5.41) is 2.92. The van der Waals surface area contributed by atoms with Crippen molar-refractivity contribution in [3.05, 3.63) is 101 Å². The Labute approximate surface area is 236 Å². The number of carbonyl (C=O) groups is 2. The van der Waals surface area contributed by atoms with Gasteiger partial charge < -0.3 is 10.2 Å². The maximum atomic E-state index is 14.1. The quantitative estimate of drug-likeness (QED) is 0.359. The summed E-state index contributed by atoms with van der Waals surface area (Å²) in [6.07, 6.45) is 0.230. The number of carbonyl (C=O) groups excluding carboxylic acids is 2. The molecule has 3 aromatic carbocycles. The second-order valence-electron chi connectivity index (χ2n) is 10.1. The van der Waals surface area contributed by atoms with Crippen molar-refractivity contribution in [2.75, 3.05) is 24.9 Å². The fourth-order valence-corrected chi connectivity index (χ4v) is 5.21. The van der Waals surface area contributed by atoms with Gasteiger partial charge in [-0.2, -0.15) is 12.7 Å². The average Bonchev–Trinajstić information content (AvgIpc) is 2.90. The molecule has 0 saturated heterocycles. The van der Waals surface area contributed by atoms with Crippen LogP contribution in [0.5, 0.6) is 0 Å². The Kier molecular flexibility index (Phi) is 10.4. The largest absolute Gasteiger partial charge is 0.352 e. The minimum absolute atomic E-state index is 0.0847. The van der Waals surface area contributed by atoms with E-state index in [2.05, 4.69) is 5.32 Å². The summed E-state index contributed by atoms with van der Waals surface area (Å²) < 4.78 is 42.2. The van der Waals surface area contributed by atoms with Crippen LogP contribution in [0.4, 0.5) is 10.1 Å². The van der Waals surface area contributed by atoms with Crippen LogP contribution in [0.2, 0.25) is 0 Å². The Morgan fingerprint density at radius 3 is 2.02 bits per heavy atom. The molecule has 0 heterocycles. The summed E-state index contributed by atoms with van der Waals surface area (Å²) in [7, 11) is -1.43. The van der Waals surface area contributed by atoms with Gasteiger partial charge in [0.25, 0.3) is 0 Å². The monoisotopic (exact) mass is 568 g/mol. The number of rotatable bonds is 12. The lowest BCUT2D eigenvalue weighted by molar-refractivity contribution is -0.140. The molecule has 0 spiro atoms. The Balaban J connectivity index is 2.08. The van der Waals surface area contributed by atoms with Crippen LogP contribution < -0.4 is 9.62 Å². The van der Waals surface area contributed by atoms with E-state index >= 15 is 0 Å². The molecular weight excluding hydrogens is 531 g/mol. The highest BCUT2D eigenvalue weighted by Crippen LogP contribution is 2.22. The van der Waals surface area contributed by atoms with Gasteiger partial charge in [-0.15, -0.1) is 0 Å². The SMILES string of the molecule is Cc1ccc(CN(C(=O)CN(c2ccc(F)cc2)S(=O)(=O)N(C)C)C(Cc2ccccc2)C(=O)NC(C)C)cc1. The number of halogens is 1. The lowest BCUT2D eigenvalue weighted by atomic mass is 10.0. The molecule has 40 heavy (non-hydrogen) atoms. The molecule has 1 atom stereocenters. The van der Waals surface area contributed by atoms with Crippen molar-refractivity contribution in [2.24, 2.45) is 0 Å². The first-order valence-corrected chi connectivity index (χ1v) is 14.4. The molecule has 0 aromatic heterocycles. The highest BCUT2D eigenvalue weighted by atomic mass is 32.2. The summed E-state index contributed by atoms with van der Waals surface area (Å²) in [4.78, 5) is 29.1. The standard InChI is InChI=1S/C30H37FN4O4S/c1-22(2)32-30(37)28(19-24-9-7-6-8-10-24)34(20-25-13-11-23(3)12-14-25)29(36)21-35(40(38,39)33(4)5)27-17-15-26(31)16-18-27/h6-18,22,28H,19-21H2,1-5H3,(H,32,37). The molecule has 0 aliphatic heterocycles. The van der Waals surface area contributed by atoms with Crippen LogP contribution in [-0.2, 0) is 32.8 Å². The van der Waals surface area contributed by atoms with E-state index < -0.39 is 34.5 Å². The van der Waals surface area contributed by atoms with E-state index in [-0.39, 0.29) is 30.6 Å². The highest BCUT2D eigenvalue weighted by molar-refractivity contribution is 7.90. The van der Waals surface area contributed by atoms with Gasteiger partial charge in [-0.05, 0) is 56.2 Å². The number of hydrogen-bond acceptors (Lipinski definition) is 4. The molecule has 214 valence electrons. The van der Waals surface area contributed by atoms with Crippen molar-refractivity contribution < 1.29 is 22.4 Å². The lowest BCUT2D eigenvalue weighted by Gasteiger charge is -2.34. The van der Waals surface area contributed by atoms with Crippen LogP contribution in [-0.4, -0.2) is 62.2 Å². The third-order valence-electron chi connectivity index (χ3n) is 6.31. The van der Waals surface area contributed by atoms with Crippen LogP contribution in [0, 0.1) is 12.7 Å². The first-order valence-electron chi connectivity index (χ1n) is 13.0. The van der Waals surface area contributed by atoms with E-state index in [4.69, 9.17) is 0 Å². The first-order chi connectivity index (χ1) is 18.9. The molecule has 0 saturated carbocycles. The van der Waals surface area contributed by atoms with Gasteiger partial charge in [0.1, 0.15) is 18.4 Å². The Morgan fingerprint density at radius 2 is 1.48 bits per heavy atom. The fourth-order valence-electron chi connectivity index (χ4n) is 4.15. The van der Waals surface area contributed by atoms with E-state index in [1.54, 1.807) is 0 Å². The number of hydrogen-bond donors (Lipinski definition) is 1. The number of nitrogens with zero attached hydrogens (tertiary/aromatic N) is 3. The summed E-state index contributed by atoms with van der Waals surface area (Å²) in [5.41, 5.74) is 2.81. The van der Waals surface area contributed by atoms with E-state index in [9.17, 15) is 22.4 Å². The summed E-state index contributed by atoms with van der Waals surface area (Å²) in [6, 6.07) is 20.7. The molecule has 3 rings (SSSR count). The molecule has 3 aromatic rings. The predicted molar refractivity (Wildman–Crippen MR) is 155 cm³/mol. The third-order valence-corrected chi connectivity index (χ3v) is 8.13. The molecule has 1 unspecified atom stereocenters. The van der Waals surface area contributed by atoms with Gasteiger partial charge in [0, 0.05) is 33.1 Å². The summed E-state index contributed by atoms with van der Waals surface area (Å²) in [6.45, 7) is 5.13. The molecular formula is C30H37FN4O4S. The summed E-state index contributed by atoms with van der Waals surface area (Å²) >= 11 is 0. The van der Waals surface area contributed by atoms with Crippen molar-refractivity contribution in [1.82, 2.24) is 14.5 Å². The zero-order chi connectivity index (χ0) is 29.4. The van der Waals surface area contributed by atoms with E-state index in [1.165, 1.54) is 31.1 Å². The van der Waals surface area contributed by atoms with Gasteiger partial charge in [-0.25, -0.2) is 8.70 Å². The Morgan fingerprint density at radius 1 is 0.875 bits per heavy atom. The molecule has 0 aliphatic carbocycles. The molecule has 10 heteroatoms. The molecule has 0 fully saturated rings. The van der Waals surface area contributed by atoms with E-state index in [0.29, 0.717) is 0 Å². The van der Waals surface area contributed by atoms with Gasteiger partial charge in [0.2, 0.25) is 11.8 Å². The number of amides is 2. The van der Waals surface area contributed by atoms with Crippen molar-refractivity contribution in [1.29, 1.82) is 0 Å². The van der Waals surface area contributed by atoms with E-state index in [0.717, 1.165) is 37.4 Å². The number of benzene rings is 3. The minimum Gasteiger partial charge on any atom is -0.352 e.